The number of carbonyl (C=O) groups is 2. The molecule has 142 valence electrons. The van der Waals surface area contributed by atoms with Crippen LogP contribution in [0.5, 0.6) is 0 Å². The van der Waals surface area contributed by atoms with Crippen molar-refractivity contribution in [1.29, 1.82) is 0 Å². The highest BCUT2D eigenvalue weighted by atomic mass is 19.1. The third kappa shape index (κ3) is 5.86. The Kier molecular flexibility index (Phi) is 6.49. The van der Waals surface area contributed by atoms with Crippen molar-refractivity contribution in [1.82, 2.24) is 15.2 Å². The molecule has 7 heteroatoms. The molecule has 1 aromatic heterocycles. The van der Waals surface area contributed by atoms with E-state index < -0.39 is 17.6 Å². The Morgan fingerprint density at radius 1 is 1.11 bits per heavy atom. The predicted octanol–water partition coefficient (Wildman–Crippen LogP) is 2.19. The fourth-order valence-corrected chi connectivity index (χ4v) is 3.17. The Bertz CT molecular complexity index is 777. The van der Waals surface area contributed by atoms with Crippen molar-refractivity contribution < 1.29 is 14.0 Å². The maximum absolute atomic E-state index is 13.1. The molecule has 0 radical (unpaired) electrons. The lowest BCUT2D eigenvalue weighted by atomic mass is 9.96. The fraction of sp³-hybridized carbons (Fsp3) is 0.350. The highest BCUT2D eigenvalue weighted by Gasteiger charge is 2.21. The molecule has 0 spiro atoms. The zero-order valence-corrected chi connectivity index (χ0v) is 15.0. The summed E-state index contributed by atoms with van der Waals surface area (Å²) in [6, 6.07) is 9.49. The highest BCUT2D eigenvalue weighted by molar-refractivity contribution is 6.39. The van der Waals surface area contributed by atoms with Gasteiger partial charge in [-0.05, 0) is 67.7 Å². The number of hydrogen-bond donors (Lipinski definition) is 2. The van der Waals surface area contributed by atoms with E-state index in [0.29, 0.717) is 12.5 Å². The van der Waals surface area contributed by atoms with Gasteiger partial charge in [-0.1, -0.05) is 6.07 Å². The minimum atomic E-state index is -0.782. The van der Waals surface area contributed by atoms with Crippen LogP contribution >= 0.6 is 0 Å². The average Bonchev–Trinajstić information content (AvgIpc) is 2.68. The number of hydrogen-bond acceptors (Lipinski definition) is 4. The Balaban J connectivity index is 1.38. The molecule has 1 saturated heterocycles. The maximum Gasteiger partial charge on any atom is 0.313 e. The Morgan fingerprint density at radius 2 is 1.85 bits per heavy atom. The SMILES string of the molecule is O=C(NCC1CCN(Cc2ccncc2)CC1)C(=O)Nc1cccc(F)c1. The molecule has 2 amide bonds. The molecule has 2 N–H and O–H groups in total. The van der Waals surface area contributed by atoms with Gasteiger partial charge in [-0.2, -0.15) is 0 Å². The van der Waals surface area contributed by atoms with Gasteiger partial charge in [-0.3, -0.25) is 19.5 Å². The van der Waals surface area contributed by atoms with Gasteiger partial charge in [-0.25, -0.2) is 4.39 Å². The average molecular weight is 370 g/mol. The molecule has 2 aromatic rings. The van der Waals surface area contributed by atoms with Crippen LogP contribution in [0, 0.1) is 11.7 Å². The van der Waals surface area contributed by atoms with E-state index in [1.54, 1.807) is 12.4 Å². The van der Waals surface area contributed by atoms with E-state index >= 15 is 0 Å². The van der Waals surface area contributed by atoms with Gasteiger partial charge in [-0.15, -0.1) is 0 Å². The molecular weight excluding hydrogens is 347 g/mol. The van der Waals surface area contributed by atoms with Gasteiger partial charge >= 0.3 is 11.8 Å². The minimum absolute atomic E-state index is 0.263. The first-order chi connectivity index (χ1) is 13.1. The molecule has 3 rings (SSSR count). The van der Waals surface area contributed by atoms with Gasteiger partial charge in [0.15, 0.2) is 0 Å². The van der Waals surface area contributed by atoms with E-state index in [9.17, 15) is 14.0 Å². The number of aromatic nitrogens is 1. The van der Waals surface area contributed by atoms with Crippen molar-refractivity contribution >= 4 is 17.5 Å². The lowest BCUT2D eigenvalue weighted by molar-refractivity contribution is -0.136. The van der Waals surface area contributed by atoms with Crippen molar-refractivity contribution in [3.05, 3.63) is 60.2 Å². The monoisotopic (exact) mass is 370 g/mol. The number of likely N-dealkylation sites (tertiary alicyclic amines) is 1. The summed E-state index contributed by atoms with van der Waals surface area (Å²) in [6.07, 6.45) is 5.53. The quantitative estimate of drug-likeness (QED) is 0.792. The Morgan fingerprint density at radius 3 is 2.56 bits per heavy atom. The molecule has 0 unspecified atom stereocenters. The van der Waals surface area contributed by atoms with Crippen LogP contribution in [0.15, 0.2) is 48.8 Å². The minimum Gasteiger partial charge on any atom is -0.348 e. The molecule has 1 fully saturated rings. The van der Waals surface area contributed by atoms with E-state index in [0.717, 1.165) is 32.5 Å². The molecule has 1 aliphatic rings. The number of benzene rings is 1. The normalized spacial score (nSPS) is 15.3. The van der Waals surface area contributed by atoms with Crippen molar-refractivity contribution in [2.75, 3.05) is 25.0 Å². The van der Waals surface area contributed by atoms with E-state index in [1.165, 1.54) is 29.8 Å². The lowest BCUT2D eigenvalue weighted by Gasteiger charge is -2.32. The summed E-state index contributed by atoms with van der Waals surface area (Å²) in [6.45, 7) is 3.28. The van der Waals surface area contributed by atoms with Crippen molar-refractivity contribution in [3.8, 4) is 0 Å². The summed E-state index contributed by atoms with van der Waals surface area (Å²) in [5.41, 5.74) is 1.50. The molecule has 27 heavy (non-hydrogen) atoms. The molecule has 6 nitrogen and oxygen atoms in total. The first-order valence-electron chi connectivity index (χ1n) is 9.06. The second-order valence-electron chi connectivity index (χ2n) is 6.75. The molecule has 0 saturated carbocycles. The van der Waals surface area contributed by atoms with Crippen LogP contribution in [0.2, 0.25) is 0 Å². The number of carbonyl (C=O) groups excluding carboxylic acids is 2. The molecule has 2 heterocycles. The second-order valence-corrected chi connectivity index (χ2v) is 6.75. The molecular formula is C20H23FN4O2. The Hall–Kier alpha value is -2.80. The first-order valence-corrected chi connectivity index (χ1v) is 9.06. The maximum atomic E-state index is 13.1. The predicted molar refractivity (Wildman–Crippen MR) is 100 cm³/mol. The molecule has 0 aliphatic carbocycles. The van der Waals surface area contributed by atoms with Crippen molar-refractivity contribution in [3.63, 3.8) is 0 Å². The van der Waals surface area contributed by atoms with Crippen LogP contribution in [0.4, 0.5) is 10.1 Å². The number of pyridine rings is 1. The summed E-state index contributed by atoms with van der Waals surface area (Å²) < 4.78 is 13.1. The van der Waals surface area contributed by atoms with Gasteiger partial charge in [0, 0.05) is 31.2 Å². The van der Waals surface area contributed by atoms with Crippen LogP contribution < -0.4 is 10.6 Å². The van der Waals surface area contributed by atoms with E-state index in [2.05, 4.69) is 20.5 Å². The van der Waals surface area contributed by atoms with E-state index in [4.69, 9.17) is 0 Å². The standard InChI is InChI=1S/C20H23FN4O2/c21-17-2-1-3-18(12-17)24-20(27)19(26)23-13-15-6-10-25(11-7-15)14-16-4-8-22-9-5-16/h1-5,8-9,12,15H,6-7,10-11,13-14H2,(H,23,26)(H,24,27). The molecule has 1 aromatic carbocycles. The van der Waals surface area contributed by atoms with E-state index in [-0.39, 0.29) is 5.69 Å². The van der Waals surface area contributed by atoms with E-state index in [1.807, 2.05) is 12.1 Å². The van der Waals surface area contributed by atoms with Crippen LogP contribution in [-0.4, -0.2) is 41.3 Å². The van der Waals surface area contributed by atoms with Gasteiger partial charge in [0.2, 0.25) is 0 Å². The lowest BCUT2D eigenvalue weighted by Crippen LogP contribution is -2.41. The van der Waals surface area contributed by atoms with Crippen LogP contribution in [0.1, 0.15) is 18.4 Å². The number of amides is 2. The van der Waals surface area contributed by atoms with Crippen LogP contribution in [-0.2, 0) is 16.1 Å². The molecule has 0 atom stereocenters. The highest BCUT2D eigenvalue weighted by Crippen LogP contribution is 2.18. The molecule has 0 bridgehead atoms. The number of halogens is 1. The van der Waals surface area contributed by atoms with Gasteiger partial charge in [0.25, 0.3) is 0 Å². The number of anilines is 1. The fourth-order valence-electron chi connectivity index (χ4n) is 3.17. The third-order valence-electron chi connectivity index (χ3n) is 4.70. The topological polar surface area (TPSA) is 74.3 Å². The van der Waals surface area contributed by atoms with Gasteiger partial charge in [0.1, 0.15) is 5.82 Å². The summed E-state index contributed by atoms with van der Waals surface area (Å²) in [5, 5.41) is 5.08. The summed E-state index contributed by atoms with van der Waals surface area (Å²) in [4.78, 5) is 30.2. The van der Waals surface area contributed by atoms with Crippen LogP contribution in [0.3, 0.4) is 0 Å². The summed E-state index contributed by atoms with van der Waals surface area (Å²) in [5.74, 6) is -1.59. The number of piperidine rings is 1. The number of nitrogens with one attached hydrogen (secondary N) is 2. The van der Waals surface area contributed by atoms with Gasteiger partial charge < -0.3 is 10.6 Å². The third-order valence-corrected chi connectivity index (χ3v) is 4.70. The number of rotatable bonds is 5. The number of nitrogens with zero attached hydrogens (tertiary/aromatic N) is 2. The zero-order chi connectivity index (χ0) is 19.1. The zero-order valence-electron chi connectivity index (χ0n) is 15.0. The summed E-state index contributed by atoms with van der Waals surface area (Å²) in [7, 11) is 0. The van der Waals surface area contributed by atoms with Crippen molar-refractivity contribution in [2.24, 2.45) is 5.92 Å². The van der Waals surface area contributed by atoms with Gasteiger partial charge in [0.05, 0.1) is 0 Å². The summed E-state index contributed by atoms with van der Waals surface area (Å²) >= 11 is 0. The molecule has 1 aliphatic heterocycles. The largest absolute Gasteiger partial charge is 0.348 e. The second kappa shape index (κ2) is 9.23. The van der Waals surface area contributed by atoms with Crippen LogP contribution in [0.25, 0.3) is 0 Å². The Labute approximate surface area is 157 Å². The first kappa shape index (κ1) is 19.0. The smallest absolute Gasteiger partial charge is 0.313 e. The van der Waals surface area contributed by atoms with Crippen molar-refractivity contribution in [2.45, 2.75) is 19.4 Å².